The van der Waals surface area contributed by atoms with E-state index in [9.17, 15) is 14.4 Å². The van der Waals surface area contributed by atoms with E-state index in [1.807, 2.05) is 13.2 Å². The van der Waals surface area contributed by atoms with Crippen molar-refractivity contribution in [3.63, 3.8) is 0 Å². The van der Waals surface area contributed by atoms with Crippen LogP contribution in [0.1, 0.15) is 44.2 Å². The van der Waals surface area contributed by atoms with Crippen molar-refractivity contribution in [3.05, 3.63) is 33.0 Å². The van der Waals surface area contributed by atoms with Crippen LogP contribution in [0.15, 0.2) is 5.16 Å². The van der Waals surface area contributed by atoms with Crippen LogP contribution >= 0.6 is 23.1 Å². The van der Waals surface area contributed by atoms with Gasteiger partial charge in [0.1, 0.15) is 5.00 Å². The summed E-state index contributed by atoms with van der Waals surface area (Å²) in [6.07, 6.45) is 4.43. The van der Waals surface area contributed by atoms with Crippen LogP contribution in [0.25, 0.3) is 5.78 Å². The maximum absolute atomic E-state index is 12.4. The standard InChI is InChI=1S/C20H22N6O4S2/c1-9-12(10(2)26-19(22-9)24-20(25-26)31-3)7-15(28)30-8-14(27)23-18-16(17(21)29)11-5-4-6-13(11)32-18/h4-8H2,1-3H3,(H2,21,29)(H,23,27). The van der Waals surface area contributed by atoms with Crippen LogP contribution in [-0.2, 0) is 33.6 Å². The lowest BCUT2D eigenvalue weighted by molar-refractivity contribution is -0.146. The highest BCUT2D eigenvalue weighted by Crippen LogP contribution is 2.38. The van der Waals surface area contributed by atoms with E-state index in [-0.39, 0.29) is 6.42 Å². The molecule has 3 heterocycles. The molecule has 1 aliphatic rings. The normalized spacial score (nSPS) is 12.7. The number of ether oxygens (including phenoxy) is 1. The van der Waals surface area contributed by atoms with Crippen LogP contribution in [0.2, 0.25) is 0 Å². The fourth-order valence-corrected chi connectivity index (χ4v) is 5.44. The van der Waals surface area contributed by atoms with Crippen molar-refractivity contribution < 1.29 is 19.1 Å². The summed E-state index contributed by atoms with van der Waals surface area (Å²) < 4.78 is 6.76. The number of nitrogens with two attached hydrogens (primary N) is 1. The van der Waals surface area contributed by atoms with Gasteiger partial charge in [0.25, 0.3) is 17.6 Å². The molecule has 1 aliphatic carbocycles. The third kappa shape index (κ3) is 4.19. The van der Waals surface area contributed by atoms with E-state index in [1.54, 1.807) is 11.4 Å². The van der Waals surface area contributed by atoms with Gasteiger partial charge in [-0.3, -0.25) is 14.4 Å². The van der Waals surface area contributed by atoms with Crippen LogP contribution in [0, 0.1) is 13.8 Å². The minimum atomic E-state index is -0.568. The van der Waals surface area contributed by atoms with E-state index >= 15 is 0 Å². The van der Waals surface area contributed by atoms with Gasteiger partial charge in [-0.25, -0.2) is 9.50 Å². The Balaban J connectivity index is 1.41. The average molecular weight is 475 g/mol. The Labute approximate surface area is 191 Å². The van der Waals surface area contributed by atoms with Gasteiger partial charge in [-0.05, 0) is 44.9 Å². The highest BCUT2D eigenvalue weighted by molar-refractivity contribution is 7.98. The Morgan fingerprint density at radius 3 is 2.75 bits per heavy atom. The molecular formula is C20H22N6O4S2. The number of thioether (sulfide) groups is 1. The van der Waals surface area contributed by atoms with Gasteiger partial charge in [0.15, 0.2) is 6.61 Å². The smallest absolute Gasteiger partial charge is 0.310 e. The molecule has 0 unspecified atom stereocenters. The van der Waals surface area contributed by atoms with Gasteiger partial charge in [0.2, 0.25) is 5.16 Å². The predicted molar refractivity (Wildman–Crippen MR) is 120 cm³/mol. The van der Waals surface area contributed by atoms with Crippen molar-refractivity contribution >= 4 is 51.7 Å². The van der Waals surface area contributed by atoms with E-state index in [1.165, 1.54) is 23.1 Å². The van der Waals surface area contributed by atoms with E-state index < -0.39 is 24.4 Å². The fourth-order valence-electron chi connectivity index (χ4n) is 3.79. The minimum Gasteiger partial charge on any atom is -0.455 e. The number of primary amides is 1. The quantitative estimate of drug-likeness (QED) is 0.390. The summed E-state index contributed by atoms with van der Waals surface area (Å²) in [5.41, 5.74) is 8.85. The van der Waals surface area contributed by atoms with Crippen LogP contribution in [-0.4, -0.2) is 50.2 Å². The number of carbonyl (C=O) groups excluding carboxylic acids is 3. The zero-order valence-electron chi connectivity index (χ0n) is 17.9. The molecule has 3 aromatic rings. The van der Waals surface area contributed by atoms with E-state index in [0.717, 1.165) is 35.4 Å². The Hall–Kier alpha value is -2.99. The van der Waals surface area contributed by atoms with Crippen molar-refractivity contribution in [2.24, 2.45) is 5.73 Å². The van der Waals surface area contributed by atoms with Gasteiger partial charge in [-0.15, -0.1) is 16.4 Å². The molecule has 0 atom stereocenters. The molecule has 0 radical (unpaired) electrons. The molecule has 0 fully saturated rings. The number of fused-ring (bicyclic) bond motifs is 2. The Kier molecular flexibility index (Phi) is 6.15. The molecule has 0 bridgehead atoms. The summed E-state index contributed by atoms with van der Waals surface area (Å²) in [6.45, 7) is 3.15. The Bertz CT molecular complexity index is 1250. The molecule has 4 rings (SSSR count). The van der Waals surface area contributed by atoms with Crippen molar-refractivity contribution in [2.75, 3.05) is 18.2 Å². The largest absolute Gasteiger partial charge is 0.455 e. The fraction of sp³-hybridized carbons (Fsp3) is 0.400. The van der Waals surface area contributed by atoms with Crippen molar-refractivity contribution in [1.82, 2.24) is 19.6 Å². The van der Waals surface area contributed by atoms with Gasteiger partial charge in [-0.1, -0.05) is 11.8 Å². The number of anilines is 1. The molecule has 3 N–H and O–H groups in total. The summed E-state index contributed by atoms with van der Waals surface area (Å²) >= 11 is 2.76. The number of nitrogens with zero attached hydrogens (tertiary/aromatic N) is 4. The zero-order valence-corrected chi connectivity index (χ0v) is 19.5. The maximum atomic E-state index is 12.4. The second-order valence-corrected chi connectivity index (χ2v) is 9.26. The number of hydrogen-bond donors (Lipinski definition) is 2. The first-order chi connectivity index (χ1) is 15.3. The molecule has 0 saturated heterocycles. The number of carbonyl (C=O) groups is 3. The van der Waals surface area contributed by atoms with Crippen LogP contribution in [0.3, 0.4) is 0 Å². The number of rotatable bonds is 7. The molecule has 0 spiro atoms. The molecule has 0 aromatic carbocycles. The first kappa shape index (κ1) is 22.2. The third-order valence-corrected chi connectivity index (χ3v) is 7.06. The lowest BCUT2D eigenvalue weighted by Gasteiger charge is -2.10. The summed E-state index contributed by atoms with van der Waals surface area (Å²) in [7, 11) is 0. The summed E-state index contributed by atoms with van der Waals surface area (Å²) in [4.78, 5) is 46.4. The number of hydrogen-bond acceptors (Lipinski definition) is 9. The molecule has 10 nitrogen and oxygen atoms in total. The molecule has 2 amide bonds. The van der Waals surface area contributed by atoms with Crippen LogP contribution in [0.5, 0.6) is 0 Å². The molecule has 3 aromatic heterocycles. The van der Waals surface area contributed by atoms with Gasteiger partial charge in [-0.2, -0.15) is 4.98 Å². The van der Waals surface area contributed by atoms with Crippen molar-refractivity contribution in [1.29, 1.82) is 0 Å². The maximum Gasteiger partial charge on any atom is 0.310 e. The lowest BCUT2D eigenvalue weighted by Crippen LogP contribution is -2.23. The van der Waals surface area contributed by atoms with E-state index in [0.29, 0.717) is 32.8 Å². The molecular weight excluding hydrogens is 452 g/mol. The van der Waals surface area contributed by atoms with E-state index in [2.05, 4.69) is 20.4 Å². The molecule has 32 heavy (non-hydrogen) atoms. The summed E-state index contributed by atoms with van der Waals surface area (Å²) in [5, 5.41) is 8.02. The van der Waals surface area contributed by atoms with Gasteiger partial charge in [0, 0.05) is 21.8 Å². The number of aromatic nitrogens is 4. The molecule has 12 heteroatoms. The van der Waals surface area contributed by atoms with Crippen LogP contribution < -0.4 is 11.1 Å². The first-order valence-corrected chi connectivity index (χ1v) is 12.0. The number of aryl methyl sites for hydroxylation is 3. The second-order valence-electron chi connectivity index (χ2n) is 7.38. The molecule has 0 aliphatic heterocycles. The van der Waals surface area contributed by atoms with Gasteiger partial charge in [0.05, 0.1) is 12.0 Å². The molecule has 168 valence electrons. The first-order valence-electron chi connectivity index (χ1n) is 9.95. The average Bonchev–Trinajstić information content (AvgIpc) is 3.43. The Morgan fingerprint density at radius 1 is 1.25 bits per heavy atom. The minimum absolute atomic E-state index is 0.0534. The van der Waals surface area contributed by atoms with Crippen LogP contribution in [0.4, 0.5) is 5.00 Å². The molecule has 0 saturated carbocycles. The van der Waals surface area contributed by atoms with Gasteiger partial charge >= 0.3 is 5.97 Å². The lowest BCUT2D eigenvalue weighted by atomic mass is 10.1. The zero-order chi connectivity index (χ0) is 23.0. The highest BCUT2D eigenvalue weighted by atomic mass is 32.2. The second kappa shape index (κ2) is 8.87. The van der Waals surface area contributed by atoms with Gasteiger partial charge < -0.3 is 15.8 Å². The van der Waals surface area contributed by atoms with Crippen molar-refractivity contribution in [2.45, 2.75) is 44.7 Å². The van der Waals surface area contributed by atoms with Crippen molar-refractivity contribution in [3.8, 4) is 0 Å². The number of esters is 1. The summed E-state index contributed by atoms with van der Waals surface area (Å²) in [6, 6.07) is 0. The number of amides is 2. The SMILES string of the molecule is CSc1nc2nc(C)c(CC(=O)OCC(=O)Nc3sc4c(c3C(N)=O)CCC4)c(C)n2n1. The Morgan fingerprint density at radius 2 is 2.03 bits per heavy atom. The predicted octanol–water partition coefficient (Wildman–Crippen LogP) is 1.84. The summed E-state index contributed by atoms with van der Waals surface area (Å²) in [5.74, 6) is -1.19. The third-order valence-electron chi connectivity index (χ3n) is 5.32. The van der Waals surface area contributed by atoms with E-state index in [4.69, 9.17) is 10.5 Å². The number of nitrogens with one attached hydrogen (secondary N) is 1. The monoisotopic (exact) mass is 474 g/mol. The highest BCUT2D eigenvalue weighted by Gasteiger charge is 2.26. The number of thiophene rings is 1. The topological polar surface area (TPSA) is 142 Å².